The molecule has 7 nitrogen and oxygen atoms in total. The van der Waals surface area contributed by atoms with Crippen LogP contribution in [0.5, 0.6) is 28.7 Å². The van der Waals surface area contributed by atoms with Crippen LogP contribution in [-0.2, 0) is 0 Å². The van der Waals surface area contributed by atoms with Crippen molar-refractivity contribution in [2.45, 2.75) is 0 Å². The van der Waals surface area contributed by atoms with Gasteiger partial charge in [0.2, 0.25) is 0 Å². The molecule has 0 bridgehead atoms. The molecule has 0 aliphatic rings. The maximum Gasteiger partial charge on any atom is 0.256 e. The third-order valence-electron chi connectivity index (χ3n) is 3.60. The largest absolute Gasteiger partial charge is 0.496 e. The molecule has 0 saturated heterocycles. The number of amides is 1. The van der Waals surface area contributed by atoms with Crippen molar-refractivity contribution in [3.05, 3.63) is 35.9 Å². The molecule has 25 heavy (non-hydrogen) atoms. The topological polar surface area (TPSA) is 75.3 Å². The molecule has 7 heteroatoms. The van der Waals surface area contributed by atoms with Gasteiger partial charge in [-0.05, 0) is 18.2 Å². The van der Waals surface area contributed by atoms with Gasteiger partial charge in [-0.1, -0.05) is 0 Å². The van der Waals surface area contributed by atoms with Crippen molar-refractivity contribution in [1.82, 2.24) is 0 Å². The van der Waals surface area contributed by atoms with E-state index in [2.05, 4.69) is 5.32 Å². The van der Waals surface area contributed by atoms with Gasteiger partial charge in [0.25, 0.3) is 5.91 Å². The summed E-state index contributed by atoms with van der Waals surface area (Å²) in [5.74, 6) is 2.05. The van der Waals surface area contributed by atoms with Crippen molar-refractivity contribution in [3.8, 4) is 28.7 Å². The first kappa shape index (κ1) is 18.3. The predicted molar refractivity (Wildman–Crippen MR) is 93.6 cm³/mol. The smallest absolute Gasteiger partial charge is 0.256 e. The molecule has 0 spiro atoms. The van der Waals surface area contributed by atoms with Gasteiger partial charge in [-0.15, -0.1) is 0 Å². The zero-order valence-electron chi connectivity index (χ0n) is 14.8. The molecule has 0 aliphatic carbocycles. The van der Waals surface area contributed by atoms with Gasteiger partial charge in [-0.3, -0.25) is 4.79 Å². The Morgan fingerprint density at radius 2 is 1.28 bits per heavy atom. The minimum Gasteiger partial charge on any atom is -0.496 e. The number of benzene rings is 2. The van der Waals surface area contributed by atoms with Crippen molar-refractivity contribution in [2.75, 3.05) is 40.9 Å². The molecule has 0 atom stereocenters. The number of rotatable bonds is 7. The zero-order chi connectivity index (χ0) is 18.4. The average molecular weight is 347 g/mol. The summed E-state index contributed by atoms with van der Waals surface area (Å²) in [4.78, 5) is 12.6. The maximum absolute atomic E-state index is 12.6. The SMILES string of the molecule is COc1cc(OC)c(NC(=O)c2ccc(OC)c(OC)c2)c(OC)c1. The van der Waals surface area contributed by atoms with E-state index < -0.39 is 0 Å². The summed E-state index contributed by atoms with van der Waals surface area (Å²) in [6.45, 7) is 0. The highest BCUT2D eigenvalue weighted by Gasteiger charge is 2.18. The van der Waals surface area contributed by atoms with Crippen LogP contribution in [0.3, 0.4) is 0 Å². The van der Waals surface area contributed by atoms with Gasteiger partial charge in [0.1, 0.15) is 22.9 Å². The molecule has 0 aromatic heterocycles. The normalized spacial score (nSPS) is 9.96. The van der Waals surface area contributed by atoms with Crippen LogP contribution in [0, 0.1) is 0 Å². The van der Waals surface area contributed by atoms with Crippen molar-refractivity contribution < 1.29 is 28.5 Å². The summed E-state index contributed by atoms with van der Waals surface area (Å²) in [6, 6.07) is 8.21. The Morgan fingerprint density at radius 1 is 0.720 bits per heavy atom. The fraction of sp³-hybridized carbons (Fsp3) is 0.278. The fourth-order valence-corrected chi connectivity index (χ4v) is 2.29. The third kappa shape index (κ3) is 3.88. The number of hydrogen-bond acceptors (Lipinski definition) is 6. The van der Waals surface area contributed by atoms with Crippen LogP contribution < -0.4 is 29.0 Å². The maximum atomic E-state index is 12.6. The highest BCUT2D eigenvalue weighted by Crippen LogP contribution is 2.39. The molecule has 0 unspecified atom stereocenters. The first-order valence-corrected chi connectivity index (χ1v) is 7.41. The number of hydrogen-bond donors (Lipinski definition) is 1. The van der Waals surface area contributed by atoms with Gasteiger partial charge in [0.05, 0.1) is 35.5 Å². The summed E-state index contributed by atoms with van der Waals surface area (Å²) in [6.07, 6.45) is 0. The minimum absolute atomic E-state index is 0.345. The van der Waals surface area contributed by atoms with Gasteiger partial charge in [-0.2, -0.15) is 0 Å². The van der Waals surface area contributed by atoms with E-state index in [9.17, 15) is 4.79 Å². The lowest BCUT2D eigenvalue weighted by atomic mass is 10.1. The highest BCUT2D eigenvalue weighted by molar-refractivity contribution is 6.06. The lowest BCUT2D eigenvalue weighted by Crippen LogP contribution is -2.14. The monoisotopic (exact) mass is 347 g/mol. The molecule has 0 radical (unpaired) electrons. The standard InChI is InChI=1S/C18H21NO6/c1-21-12-9-15(24-4)17(16(10-12)25-5)19-18(20)11-6-7-13(22-2)14(8-11)23-3/h6-10H,1-5H3,(H,19,20). The molecule has 2 rings (SSSR count). The molecule has 134 valence electrons. The second kappa shape index (κ2) is 8.14. The van der Waals surface area contributed by atoms with Crippen molar-refractivity contribution in [1.29, 1.82) is 0 Å². The van der Waals surface area contributed by atoms with Gasteiger partial charge >= 0.3 is 0 Å². The van der Waals surface area contributed by atoms with Crippen LogP contribution in [0.1, 0.15) is 10.4 Å². The molecule has 0 fully saturated rings. The Labute approximate surface area is 146 Å². The van der Waals surface area contributed by atoms with E-state index in [-0.39, 0.29) is 5.91 Å². The van der Waals surface area contributed by atoms with Crippen LogP contribution in [0.4, 0.5) is 5.69 Å². The van der Waals surface area contributed by atoms with Crippen LogP contribution in [0.25, 0.3) is 0 Å². The first-order valence-electron chi connectivity index (χ1n) is 7.41. The molecule has 0 heterocycles. The number of nitrogens with one attached hydrogen (secondary N) is 1. The predicted octanol–water partition coefficient (Wildman–Crippen LogP) is 2.98. The minimum atomic E-state index is -0.345. The van der Waals surface area contributed by atoms with E-state index in [1.807, 2.05) is 0 Å². The number of carbonyl (C=O) groups is 1. The lowest BCUT2D eigenvalue weighted by molar-refractivity contribution is 0.102. The molecular formula is C18H21NO6. The van der Waals surface area contributed by atoms with Gasteiger partial charge in [0, 0.05) is 17.7 Å². The van der Waals surface area contributed by atoms with E-state index in [0.717, 1.165) is 0 Å². The summed E-state index contributed by atoms with van der Waals surface area (Å²) >= 11 is 0. The zero-order valence-corrected chi connectivity index (χ0v) is 14.8. The summed E-state index contributed by atoms with van der Waals surface area (Å²) in [7, 11) is 7.58. The van der Waals surface area contributed by atoms with E-state index in [0.29, 0.717) is 40.0 Å². The molecule has 0 aliphatic heterocycles. The van der Waals surface area contributed by atoms with Crippen LogP contribution >= 0.6 is 0 Å². The van der Waals surface area contributed by atoms with Gasteiger partial charge < -0.3 is 29.0 Å². The van der Waals surface area contributed by atoms with Crippen molar-refractivity contribution in [3.63, 3.8) is 0 Å². The summed E-state index contributed by atoms with van der Waals surface area (Å²) < 4.78 is 26.3. The van der Waals surface area contributed by atoms with Crippen LogP contribution in [0.15, 0.2) is 30.3 Å². The second-order valence-corrected chi connectivity index (χ2v) is 4.93. The van der Waals surface area contributed by atoms with E-state index in [1.54, 1.807) is 30.3 Å². The van der Waals surface area contributed by atoms with Crippen molar-refractivity contribution in [2.24, 2.45) is 0 Å². The Kier molecular flexibility index (Phi) is 5.94. The molecule has 1 amide bonds. The Hall–Kier alpha value is -3.09. The molecule has 2 aromatic carbocycles. The highest BCUT2D eigenvalue weighted by atomic mass is 16.5. The Balaban J connectivity index is 2.37. The van der Waals surface area contributed by atoms with Gasteiger partial charge in [0.15, 0.2) is 11.5 Å². The van der Waals surface area contributed by atoms with E-state index >= 15 is 0 Å². The lowest BCUT2D eigenvalue weighted by Gasteiger charge is -2.16. The van der Waals surface area contributed by atoms with E-state index in [4.69, 9.17) is 23.7 Å². The average Bonchev–Trinajstić information content (AvgIpc) is 2.67. The Morgan fingerprint density at radius 3 is 1.76 bits per heavy atom. The van der Waals surface area contributed by atoms with Gasteiger partial charge in [-0.25, -0.2) is 0 Å². The third-order valence-corrected chi connectivity index (χ3v) is 3.60. The van der Waals surface area contributed by atoms with Crippen molar-refractivity contribution >= 4 is 11.6 Å². The molecular weight excluding hydrogens is 326 g/mol. The second-order valence-electron chi connectivity index (χ2n) is 4.93. The summed E-state index contributed by atoms with van der Waals surface area (Å²) in [5.41, 5.74) is 0.808. The number of carbonyl (C=O) groups excluding carboxylic acids is 1. The number of methoxy groups -OCH3 is 5. The first-order chi connectivity index (χ1) is 12.1. The number of ether oxygens (including phenoxy) is 5. The van der Waals surface area contributed by atoms with Crippen LogP contribution in [-0.4, -0.2) is 41.5 Å². The molecule has 0 saturated carbocycles. The van der Waals surface area contributed by atoms with E-state index in [1.165, 1.54) is 35.5 Å². The number of anilines is 1. The molecule has 2 aromatic rings. The molecule has 1 N–H and O–H groups in total. The quantitative estimate of drug-likeness (QED) is 0.830. The fourth-order valence-electron chi connectivity index (χ4n) is 2.29. The summed E-state index contributed by atoms with van der Waals surface area (Å²) in [5, 5.41) is 2.80. The Bertz CT molecular complexity index is 734. The van der Waals surface area contributed by atoms with Crippen LogP contribution in [0.2, 0.25) is 0 Å².